The van der Waals surface area contributed by atoms with Crippen molar-refractivity contribution in [2.75, 3.05) is 13.1 Å². The number of rotatable bonds is 0. The Bertz CT molecular complexity index is 46.8. The Labute approximate surface area is 48.3 Å². The van der Waals surface area contributed by atoms with Crippen LogP contribution >= 0.6 is 0 Å². The molecular weight excluding hydrogens is 139 g/mol. The van der Waals surface area contributed by atoms with Crippen molar-refractivity contribution < 1.29 is 0 Å². The molecule has 36 valence electrons. The van der Waals surface area contributed by atoms with Gasteiger partial charge in [0.05, 0.1) is 12.9 Å². The molecule has 0 aromatic heterocycles. The molecule has 6 heavy (non-hydrogen) atoms. The quantitative estimate of drug-likeness (QED) is 0.412. The van der Waals surface area contributed by atoms with E-state index in [9.17, 15) is 0 Å². The summed E-state index contributed by atoms with van der Waals surface area (Å²) in [6, 6.07) is 0. The molecule has 2 nitrogen and oxygen atoms in total. The topological polar surface area (TPSA) is 24.4 Å². The molecule has 0 aliphatic carbocycles. The van der Waals surface area contributed by atoms with Crippen molar-refractivity contribution in [1.29, 1.82) is 0 Å². The van der Waals surface area contributed by atoms with Crippen LogP contribution in [0.3, 0.4) is 0 Å². The third-order valence-electron chi connectivity index (χ3n) is 0.568. The summed E-state index contributed by atoms with van der Waals surface area (Å²) in [5, 5.41) is 2.93. The number of aliphatic imine (C=N–C) groups is 1. The predicted octanol–water partition coefficient (Wildman–Crippen LogP) is -1.57. The normalized spacial score (nSPS) is 16.0. The second kappa shape index (κ2) is 3.23. The van der Waals surface area contributed by atoms with Crippen LogP contribution in [0.5, 0.6) is 0 Å². The number of hydrogen-bond acceptors (Lipinski definition) is 2. The fourth-order valence-electron chi connectivity index (χ4n) is 0.323. The average Bonchev–Trinajstić information content (AvgIpc) is 1.76. The molecule has 1 aliphatic heterocycles. The second-order valence-electron chi connectivity index (χ2n) is 0.989. The van der Waals surface area contributed by atoms with Crippen LogP contribution in [-0.4, -0.2) is 37.4 Å². The van der Waals surface area contributed by atoms with Gasteiger partial charge in [-0.25, -0.2) is 0 Å². The van der Waals surface area contributed by atoms with Gasteiger partial charge in [0.1, 0.15) is 0 Å². The number of hydrogen-bond donors (Lipinski definition) is 1. The van der Waals surface area contributed by atoms with Gasteiger partial charge in [0.2, 0.25) is 0 Å². The monoisotopic (exact) mass is 148 g/mol. The van der Waals surface area contributed by atoms with E-state index in [-0.39, 0.29) is 18.0 Å². The first-order valence-electron chi connectivity index (χ1n) is 1.72. The molecule has 0 fully saturated rings. The standard InChI is InChI=1S/C3H6N2.AsH3/c1-2-5-3-4-1;/h3H,1-2H2,(H,4,5);1H3. The van der Waals surface area contributed by atoms with Crippen molar-refractivity contribution in [1.82, 2.24) is 5.32 Å². The van der Waals surface area contributed by atoms with Crippen molar-refractivity contribution >= 4 is 24.3 Å². The number of nitrogens with zero attached hydrogens (tertiary/aromatic N) is 1. The molecule has 1 rings (SSSR count). The molecule has 0 saturated heterocycles. The Balaban J connectivity index is 0.000000250. The molecule has 0 radical (unpaired) electrons. The van der Waals surface area contributed by atoms with Crippen LogP contribution < -0.4 is 5.32 Å². The van der Waals surface area contributed by atoms with E-state index >= 15 is 0 Å². The van der Waals surface area contributed by atoms with Crippen LogP contribution in [0.4, 0.5) is 0 Å². The number of nitrogens with one attached hydrogen (secondary N) is 1. The Kier molecular flexibility index (Phi) is 3.24. The van der Waals surface area contributed by atoms with Gasteiger partial charge in [0.25, 0.3) is 0 Å². The van der Waals surface area contributed by atoms with E-state index in [1.165, 1.54) is 0 Å². The molecule has 0 aromatic rings. The van der Waals surface area contributed by atoms with Crippen LogP contribution in [0, 0.1) is 0 Å². The fourth-order valence-corrected chi connectivity index (χ4v) is 0.323. The molecule has 0 spiro atoms. The van der Waals surface area contributed by atoms with Crippen LogP contribution in [0.2, 0.25) is 0 Å². The van der Waals surface area contributed by atoms with E-state index in [0.29, 0.717) is 0 Å². The molecule has 0 saturated carbocycles. The summed E-state index contributed by atoms with van der Waals surface area (Å²) in [5.74, 6) is 0. The molecule has 1 heterocycles. The maximum absolute atomic E-state index is 3.85. The van der Waals surface area contributed by atoms with Crippen molar-refractivity contribution in [2.24, 2.45) is 4.99 Å². The van der Waals surface area contributed by atoms with Crippen molar-refractivity contribution in [3.63, 3.8) is 0 Å². The molecule has 0 bridgehead atoms. The van der Waals surface area contributed by atoms with Crippen molar-refractivity contribution in [3.8, 4) is 0 Å². The zero-order chi connectivity index (χ0) is 3.54. The maximum atomic E-state index is 3.85. The van der Waals surface area contributed by atoms with Gasteiger partial charge in [-0.15, -0.1) is 0 Å². The predicted molar refractivity (Wildman–Crippen MR) is 31.3 cm³/mol. The molecule has 1 aliphatic rings. The Morgan fingerprint density at radius 2 is 2.50 bits per heavy atom. The van der Waals surface area contributed by atoms with Gasteiger partial charge in [-0.2, -0.15) is 0 Å². The minimum absolute atomic E-state index is 0. The van der Waals surface area contributed by atoms with Crippen molar-refractivity contribution in [2.45, 2.75) is 0 Å². The summed E-state index contributed by atoms with van der Waals surface area (Å²) < 4.78 is 0. The van der Waals surface area contributed by atoms with Crippen LogP contribution in [-0.2, 0) is 0 Å². The SMILES string of the molecule is C1=NCCN1.[AsH3]. The zero-order valence-corrected chi connectivity index (χ0v) is 6.61. The van der Waals surface area contributed by atoms with Gasteiger partial charge >= 0.3 is 18.0 Å². The fraction of sp³-hybridized carbons (Fsp3) is 0.667. The molecule has 1 N–H and O–H groups in total. The van der Waals surface area contributed by atoms with Crippen molar-refractivity contribution in [3.05, 3.63) is 0 Å². The van der Waals surface area contributed by atoms with E-state index in [0.717, 1.165) is 13.1 Å². The Morgan fingerprint density at radius 1 is 1.67 bits per heavy atom. The molecule has 0 amide bonds. The van der Waals surface area contributed by atoms with Crippen LogP contribution in [0.1, 0.15) is 0 Å². The summed E-state index contributed by atoms with van der Waals surface area (Å²) >= 11 is 0. The van der Waals surface area contributed by atoms with Gasteiger partial charge in [0.15, 0.2) is 0 Å². The molecule has 3 heteroatoms. The first-order valence-corrected chi connectivity index (χ1v) is 1.72. The third-order valence-corrected chi connectivity index (χ3v) is 0.568. The molecular formula is C3H9AsN2. The second-order valence-corrected chi connectivity index (χ2v) is 0.989. The Morgan fingerprint density at radius 3 is 2.67 bits per heavy atom. The Hall–Kier alpha value is 0.0284. The summed E-state index contributed by atoms with van der Waals surface area (Å²) in [6.07, 6.45) is 1.74. The van der Waals surface area contributed by atoms with E-state index in [1.54, 1.807) is 6.34 Å². The van der Waals surface area contributed by atoms with Gasteiger partial charge in [-0.05, 0) is 0 Å². The van der Waals surface area contributed by atoms with Gasteiger partial charge in [-0.3, -0.25) is 4.99 Å². The average molecular weight is 148 g/mol. The first kappa shape index (κ1) is 6.03. The summed E-state index contributed by atoms with van der Waals surface area (Å²) in [7, 11) is 0. The van der Waals surface area contributed by atoms with E-state index in [1.807, 2.05) is 0 Å². The van der Waals surface area contributed by atoms with E-state index in [4.69, 9.17) is 0 Å². The van der Waals surface area contributed by atoms with Gasteiger partial charge < -0.3 is 5.32 Å². The summed E-state index contributed by atoms with van der Waals surface area (Å²) in [6.45, 7) is 1.99. The zero-order valence-electron chi connectivity index (χ0n) is 3.65. The van der Waals surface area contributed by atoms with Crippen LogP contribution in [0.15, 0.2) is 4.99 Å². The minimum atomic E-state index is 0. The summed E-state index contributed by atoms with van der Waals surface area (Å²) in [5.41, 5.74) is 0. The van der Waals surface area contributed by atoms with E-state index in [2.05, 4.69) is 10.3 Å². The van der Waals surface area contributed by atoms with E-state index < -0.39 is 0 Å². The molecule has 1 atom stereocenters. The third kappa shape index (κ3) is 1.46. The first-order chi connectivity index (χ1) is 2.50. The molecule has 1 unspecified atom stereocenters. The summed E-state index contributed by atoms with van der Waals surface area (Å²) in [4.78, 5) is 3.85. The van der Waals surface area contributed by atoms with Crippen LogP contribution in [0.25, 0.3) is 0 Å². The van der Waals surface area contributed by atoms with Gasteiger partial charge in [0, 0.05) is 6.54 Å². The molecule has 0 aromatic carbocycles. The van der Waals surface area contributed by atoms with Gasteiger partial charge in [-0.1, -0.05) is 0 Å².